The Morgan fingerprint density at radius 3 is 2.57 bits per heavy atom. The largest absolute Gasteiger partial charge is 0.481 e. The Morgan fingerprint density at radius 1 is 1.14 bits per heavy atom. The van der Waals surface area contributed by atoms with Gasteiger partial charge in [0.15, 0.2) is 0 Å². The monoisotopic (exact) mass is 512 g/mol. The average Bonchev–Trinajstić information content (AvgIpc) is 3.32. The SMILES string of the molecule is CCc1sc(C2=CCSCC2)cc1C(Nc1ccc(C(=O)NCCC(=O)O)cc1)C1CCCCC1. The number of rotatable bonds is 10. The zero-order valence-corrected chi connectivity index (χ0v) is 22.1. The Kier molecular flexibility index (Phi) is 9.32. The number of thiophene rings is 1. The number of nitrogens with one attached hydrogen (secondary N) is 2. The molecule has 2 aliphatic rings. The number of hydrogen-bond donors (Lipinski definition) is 3. The maximum absolute atomic E-state index is 12.3. The van der Waals surface area contributed by atoms with Gasteiger partial charge >= 0.3 is 5.97 Å². The molecule has 3 N–H and O–H groups in total. The van der Waals surface area contributed by atoms with E-state index in [1.165, 1.54) is 58.7 Å². The lowest BCUT2D eigenvalue weighted by molar-refractivity contribution is -0.136. The van der Waals surface area contributed by atoms with Gasteiger partial charge in [-0.3, -0.25) is 9.59 Å². The van der Waals surface area contributed by atoms with Gasteiger partial charge in [-0.05, 0) is 78.8 Å². The van der Waals surface area contributed by atoms with Gasteiger partial charge in [0.1, 0.15) is 0 Å². The van der Waals surface area contributed by atoms with E-state index < -0.39 is 5.97 Å². The lowest BCUT2D eigenvalue weighted by atomic mass is 9.80. The zero-order chi connectivity index (χ0) is 24.6. The minimum absolute atomic E-state index is 0.0768. The van der Waals surface area contributed by atoms with Crippen molar-refractivity contribution in [2.45, 2.75) is 64.3 Å². The number of anilines is 1. The van der Waals surface area contributed by atoms with Gasteiger partial charge in [-0.1, -0.05) is 32.3 Å². The van der Waals surface area contributed by atoms with E-state index in [4.69, 9.17) is 5.11 Å². The number of benzene rings is 1. The van der Waals surface area contributed by atoms with Crippen molar-refractivity contribution in [2.75, 3.05) is 23.4 Å². The van der Waals surface area contributed by atoms with Crippen molar-refractivity contribution in [2.24, 2.45) is 5.92 Å². The fraction of sp³-hybridized carbons (Fsp3) is 0.500. The molecule has 1 amide bonds. The molecule has 35 heavy (non-hydrogen) atoms. The van der Waals surface area contributed by atoms with Gasteiger partial charge in [-0.15, -0.1) is 11.3 Å². The summed E-state index contributed by atoms with van der Waals surface area (Å²) >= 11 is 3.98. The molecule has 2 heterocycles. The second-order valence-electron chi connectivity index (χ2n) is 9.39. The summed E-state index contributed by atoms with van der Waals surface area (Å²) in [6.45, 7) is 2.40. The summed E-state index contributed by atoms with van der Waals surface area (Å²) in [5, 5.41) is 15.3. The van der Waals surface area contributed by atoms with Crippen LogP contribution in [0, 0.1) is 5.92 Å². The Morgan fingerprint density at radius 2 is 1.91 bits per heavy atom. The fourth-order valence-electron chi connectivity index (χ4n) is 5.09. The first-order chi connectivity index (χ1) is 17.0. The normalized spacial score (nSPS) is 17.5. The van der Waals surface area contributed by atoms with E-state index in [9.17, 15) is 9.59 Å². The van der Waals surface area contributed by atoms with Crippen molar-refractivity contribution in [1.29, 1.82) is 0 Å². The highest BCUT2D eigenvalue weighted by Crippen LogP contribution is 2.42. The van der Waals surface area contributed by atoms with Crippen LogP contribution in [-0.4, -0.2) is 35.0 Å². The van der Waals surface area contributed by atoms with E-state index in [0.717, 1.165) is 24.3 Å². The predicted molar refractivity (Wildman–Crippen MR) is 148 cm³/mol. The first kappa shape index (κ1) is 25.8. The van der Waals surface area contributed by atoms with Crippen LogP contribution in [0.4, 0.5) is 5.69 Å². The molecule has 1 aromatic carbocycles. The van der Waals surface area contributed by atoms with E-state index in [-0.39, 0.29) is 24.9 Å². The van der Waals surface area contributed by atoms with Crippen molar-refractivity contribution in [3.63, 3.8) is 0 Å². The third-order valence-electron chi connectivity index (χ3n) is 6.99. The number of amides is 1. The van der Waals surface area contributed by atoms with E-state index in [2.05, 4.69) is 29.7 Å². The number of thioether (sulfide) groups is 1. The molecular formula is C28H36N2O3S2. The predicted octanol–water partition coefficient (Wildman–Crippen LogP) is 6.77. The first-order valence-electron chi connectivity index (χ1n) is 12.8. The van der Waals surface area contributed by atoms with Crippen molar-refractivity contribution in [3.8, 4) is 0 Å². The first-order valence-corrected chi connectivity index (χ1v) is 14.8. The highest BCUT2D eigenvalue weighted by atomic mass is 32.2. The summed E-state index contributed by atoms with van der Waals surface area (Å²) < 4.78 is 0. The Labute approximate surface area is 216 Å². The maximum atomic E-state index is 12.3. The minimum Gasteiger partial charge on any atom is -0.481 e. The Hall–Kier alpha value is -2.25. The number of aryl methyl sites for hydroxylation is 1. The van der Waals surface area contributed by atoms with E-state index in [1.54, 1.807) is 0 Å². The standard InChI is InChI=1S/C28H36N2O3S2/c1-2-24-23(18-25(35-24)19-13-16-34-17-14-19)27(20-6-4-3-5-7-20)30-22-10-8-21(9-11-22)28(33)29-15-12-26(31)32/h8-11,13,18,20,27,30H,2-7,12,14-17H2,1H3,(H,29,33)(H,31,32). The highest BCUT2D eigenvalue weighted by Gasteiger charge is 2.28. The average molecular weight is 513 g/mol. The summed E-state index contributed by atoms with van der Waals surface area (Å²) in [7, 11) is 0. The van der Waals surface area contributed by atoms with Crippen molar-refractivity contribution < 1.29 is 14.7 Å². The molecule has 5 nitrogen and oxygen atoms in total. The number of carbonyl (C=O) groups is 2. The van der Waals surface area contributed by atoms with Crippen molar-refractivity contribution >= 4 is 46.2 Å². The molecule has 1 saturated carbocycles. The van der Waals surface area contributed by atoms with Crippen LogP contribution >= 0.6 is 23.1 Å². The molecule has 0 radical (unpaired) electrons. The van der Waals surface area contributed by atoms with Crippen LogP contribution in [0.3, 0.4) is 0 Å². The summed E-state index contributed by atoms with van der Waals surface area (Å²) in [5.74, 6) is 1.77. The van der Waals surface area contributed by atoms with Gasteiger partial charge in [0, 0.05) is 33.3 Å². The second-order valence-corrected chi connectivity index (χ2v) is 11.7. The quantitative estimate of drug-likeness (QED) is 0.327. The molecule has 0 bridgehead atoms. The zero-order valence-electron chi connectivity index (χ0n) is 20.5. The maximum Gasteiger partial charge on any atom is 0.305 e. The molecule has 1 aliphatic heterocycles. The van der Waals surface area contributed by atoms with Gasteiger partial charge in [0.05, 0.1) is 12.5 Å². The lowest BCUT2D eigenvalue weighted by Gasteiger charge is -2.32. The Bertz CT molecular complexity index is 1040. The number of carboxylic acids is 1. The van der Waals surface area contributed by atoms with E-state index in [0.29, 0.717) is 11.5 Å². The minimum atomic E-state index is -0.916. The smallest absolute Gasteiger partial charge is 0.305 e. The van der Waals surface area contributed by atoms with Gasteiger partial charge in [0.2, 0.25) is 0 Å². The number of allylic oxidation sites excluding steroid dienone is 1. The molecule has 2 aromatic rings. The van der Waals surface area contributed by atoms with Crippen LogP contribution in [0.25, 0.3) is 5.57 Å². The molecule has 0 saturated heterocycles. The van der Waals surface area contributed by atoms with Gasteiger partial charge in [-0.2, -0.15) is 11.8 Å². The van der Waals surface area contributed by atoms with Crippen LogP contribution < -0.4 is 10.6 Å². The summed E-state index contributed by atoms with van der Waals surface area (Å²) in [5.41, 5.74) is 4.53. The number of hydrogen-bond acceptors (Lipinski definition) is 5. The molecule has 1 unspecified atom stereocenters. The van der Waals surface area contributed by atoms with Crippen molar-refractivity contribution in [1.82, 2.24) is 5.32 Å². The lowest BCUT2D eigenvalue weighted by Crippen LogP contribution is -2.26. The summed E-state index contributed by atoms with van der Waals surface area (Å²) in [4.78, 5) is 25.9. The van der Waals surface area contributed by atoms with Crippen LogP contribution in [-0.2, 0) is 11.2 Å². The van der Waals surface area contributed by atoms with Crippen LogP contribution in [0.15, 0.2) is 36.4 Å². The molecule has 1 aliphatic carbocycles. The molecule has 0 spiro atoms. The van der Waals surface area contributed by atoms with E-state index in [1.807, 2.05) is 47.4 Å². The summed E-state index contributed by atoms with van der Waals surface area (Å²) in [6.07, 6.45) is 10.9. The van der Waals surface area contributed by atoms with Crippen molar-refractivity contribution in [3.05, 3.63) is 57.3 Å². The molecular weight excluding hydrogens is 476 g/mol. The number of aliphatic carboxylic acids is 1. The molecule has 4 rings (SSSR count). The fourth-order valence-corrected chi connectivity index (χ4v) is 7.16. The molecule has 7 heteroatoms. The number of carbonyl (C=O) groups excluding carboxylic acids is 1. The molecule has 1 fully saturated rings. The molecule has 1 aromatic heterocycles. The highest BCUT2D eigenvalue weighted by molar-refractivity contribution is 7.99. The van der Waals surface area contributed by atoms with Crippen LogP contribution in [0.5, 0.6) is 0 Å². The van der Waals surface area contributed by atoms with Gasteiger partial charge in [-0.25, -0.2) is 0 Å². The molecule has 1 atom stereocenters. The topological polar surface area (TPSA) is 78.4 Å². The summed E-state index contributed by atoms with van der Waals surface area (Å²) in [6, 6.07) is 10.3. The Balaban J connectivity index is 1.54. The third kappa shape index (κ3) is 6.91. The molecule has 188 valence electrons. The number of carboxylic acid groups (broad SMARTS) is 1. The third-order valence-corrected chi connectivity index (χ3v) is 9.26. The van der Waals surface area contributed by atoms with E-state index >= 15 is 0 Å². The van der Waals surface area contributed by atoms with Gasteiger partial charge in [0.25, 0.3) is 5.91 Å². The van der Waals surface area contributed by atoms with Crippen LogP contribution in [0.1, 0.15) is 83.6 Å². The second kappa shape index (κ2) is 12.6. The van der Waals surface area contributed by atoms with Crippen LogP contribution in [0.2, 0.25) is 0 Å². The van der Waals surface area contributed by atoms with Gasteiger partial charge < -0.3 is 15.7 Å².